The van der Waals surface area contributed by atoms with Gasteiger partial charge >= 0.3 is 0 Å². The molecular weight excluding hydrogens is 260 g/mol. The van der Waals surface area contributed by atoms with E-state index in [0.717, 1.165) is 25.3 Å². The van der Waals surface area contributed by atoms with Crippen molar-refractivity contribution >= 4 is 0 Å². The third-order valence-corrected chi connectivity index (χ3v) is 4.94. The first-order valence-corrected chi connectivity index (χ1v) is 8.25. The van der Waals surface area contributed by atoms with E-state index in [4.69, 9.17) is 4.74 Å². The molecule has 2 aliphatic rings. The van der Waals surface area contributed by atoms with Crippen molar-refractivity contribution in [2.75, 3.05) is 26.7 Å². The van der Waals surface area contributed by atoms with Gasteiger partial charge in [0.25, 0.3) is 0 Å². The molecule has 1 aromatic carbocycles. The van der Waals surface area contributed by atoms with E-state index >= 15 is 0 Å². The summed E-state index contributed by atoms with van der Waals surface area (Å²) in [7, 11) is 2.06. The Balaban J connectivity index is 1.98. The fourth-order valence-corrected chi connectivity index (χ4v) is 4.08. The van der Waals surface area contributed by atoms with Gasteiger partial charge in [-0.2, -0.15) is 0 Å². The van der Waals surface area contributed by atoms with Crippen molar-refractivity contribution in [2.45, 2.75) is 45.3 Å². The molecule has 2 atom stereocenters. The van der Waals surface area contributed by atoms with Crippen LogP contribution in [0.3, 0.4) is 0 Å². The summed E-state index contributed by atoms with van der Waals surface area (Å²) in [4.78, 5) is 2.60. The van der Waals surface area contributed by atoms with E-state index in [0.29, 0.717) is 12.0 Å². The van der Waals surface area contributed by atoms with Gasteiger partial charge in [0.05, 0.1) is 0 Å². The van der Waals surface area contributed by atoms with Crippen LogP contribution < -0.4 is 10.1 Å². The molecule has 0 saturated carbocycles. The number of benzene rings is 1. The fourth-order valence-electron chi connectivity index (χ4n) is 4.08. The molecule has 1 N–H and O–H groups in total. The number of rotatable bonds is 4. The highest BCUT2D eigenvalue weighted by molar-refractivity contribution is 5.47. The van der Waals surface area contributed by atoms with Crippen LogP contribution in [0.4, 0.5) is 0 Å². The summed E-state index contributed by atoms with van der Waals surface area (Å²) < 4.78 is 6.31. The molecule has 0 amide bonds. The van der Waals surface area contributed by atoms with Gasteiger partial charge in [0.15, 0.2) is 0 Å². The minimum absolute atomic E-state index is 0.0629. The molecule has 0 bridgehead atoms. The second kappa shape index (κ2) is 5.62. The first-order valence-electron chi connectivity index (χ1n) is 8.25. The van der Waals surface area contributed by atoms with Crippen LogP contribution in [0.2, 0.25) is 0 Å². The zero-order valence-electron chi connectivity index (χ0n) is 13.8. The molecule has 3 heteroatoms. The highest BCUT2D eigenvalue weighted by atomic mass is 16.5. The van der Waals surface area contributed by atoms with E-state index < -0.39 is 0 Å². The molecule has 1 fully saturated rings. The van der Waals surface area contributed by atoms with E-state index in [-0.39, 0.29) is 5.60 Å². The lowest BCUT2D eigenvalue weighted by Crippen LogP contribution is -2.30. The van der Waals surface area contributed by atoms with Gasteiger partial charge < -0.3 is 10.1 Å². The molecule has 0 spiro atoms. The molecule has 3 nitrogen and oxygen atoms in total. The van der Waals surface area contributed by atoms with Crippen LogP contribution in [0.15, 0.2) is 18.2 Å². The van der Waals surface area contributed by atoms with Crippen LogP contribution in [0.5, 0.6) is 5.75 Å². The zero-order valence-corrected chi connectivity index (χ0v) is 13.8. The molecule has 3 rings (SSSR count). The third kappa shape index (κ3) is 2.69. The lowest BCUT2D eigenvalue weighted by atomic mass is 9.91. The Kier molecular flexibility index (Phi) is 3.98. The lowest BCUT2D eigenvalue weighted by molar-refractivity contribution is 0.132. The molecule has 2 heterocycles. The highest BCUT2D eigenvalue weighted by Crippen LogP contribution is 2.46. The van der Waals surface area contributed by atoms with Gasteiger partial charge in [-0.25, -0.2) is 0 Å². The minimum Gasteiger partial charge on any atom is -0.487 e. The minimum atomic E-state index is -0.0629. The van der Waals surface area contributed by atoms with Crippen molar-refractivity contribution in [3.05, 3.63) is 29.3 Å². The first kappa shape index (κ1) is 14.9. The average Bonchev–Trinajstić information content (AvgIpc) is 2.97. The maximum Gasteiger partial charge on any atom is 0.128 e. The summed E-state index contributed by atoms with van der Waals surface area (Å²) in [6.45, 7) is 10.0. The molecule has 0 aliphatic carbocycles. The number of nitrogens with zero attached hydrogens (tertiary/aromatic N) is 1. The Hall–Kier alpha value is -1.06. The molecular formula is C18H28N2O. The summed E-state index contributed by atoms with van der Waals surface area (Å²) in [5.74, 6) is 1.84. The first-order chi connectivity index (χ1) is 10.1. The molecule has 2 aliphatic heterocycles. The molecule has 2 unspecified atom stereocenters. The molecule has 116 valence electrons. The fraction of sp³-hybridized carbons (Fsp3) is 0.667. The highest BCUT2D eigenvalue weighted by Gasteiger charge is 2.39. The Morgan fingerprint density at radius 3 is 2.90 bits per heavy atom. The standard InChI is InChI=1S/C18H28N2O/c1-5-20-10-9-14(12-19-4)16(20)15-8-6-7-13-11-18(2,3)21-17(13)15/h6-8,14,16,19H,5,9-12H2,1-4H3. The van der Waals surface area contributed by atoms with E-state index in [1.54, 1.807) is 0 Å². The predicted octanol–water partition coefficient (Wildman–Crippen LogP) is 3.00. The van der Waals surface area contributed by atoms with Crippen molar-refractivity contribution in [1.29, 1.82) is 0 Å². The van der Waals surface area contributed by atoms with Crippen LogP contribution >= 0.6 is 0 Å². The number of hydrogen-bond donors (Lipinski definition) is 1. The third-order valence-electron chi connectivity index (χ3n) is 4.94. The van der Waals surface area contributed by atoms with Crippen LogP contribution in [0.25, 0.3) is 0 Å². The van der Waals surface area contributed by atoms with Crippen molar-refractivity contribution in [3.63, 3.8) is 0 Å². The summed E-state index contributed by atoms with van der Waals surface area (Å²) in [5, 5.41) is 3.37. The van der Waals surface area contributed by atoms with Gasteiger partial charge in [0.1, 0.15) is 11.4 Å². The van der Waals surface area contributed by atoms with Crippen LogP contribution in [-0.4, -0.2) is 37.2 Å². The van der Waals surface area contributed by atoms with Gasteiger partial charge in [-0.15, -0.1) is 0 Å². The van der Waals surface area contributed by atoms with E-state index in [1.165, 1.54) is 24.1 Å². The van der Waals surface area contributed by atoms with Crippen molar-refractivity contribution < 1.29 is 4.74 Å². The van der Waals surface area contributed by atoms with Gasteiger partial charge in [-0.1, -0.05) is 25.1 Å². The summed E-state index contributed by atoms with van der Waals surface area (Å²) in [5.41, 5.74) is 2.72. The Bertz CT molecular complexity index is 512. The number of ether oxygens (including phenoxy) is 1. The van der Waals surface area contributed by atoms with Crippen molar-refractivity contribution in [2.24, 2.45) is 5.92 Å². The van der Waals surface area contributed by atoms with E-state index in [2.05, 4.69) is 56.2 Å². The molecule has 1 saturated heterocycles. The Morgan fingerprint density at radius 1 is 1.38 bits per heavy atom. The second-order valence-corrected chi connectivity index (χ2v) is 7.05. The zero-order chi connectivity index (χ0) is 15.0. The number of fused-ring (bicyclic) bond motifs is 1. The molecule has 1 aromatic rings. The Morgan fingerprint density at radius 2 is 2.19 bits per heavy atom. The van der Waals surface area contributed by atoms with Crippen LogP contribution in [-0.2, 0) is 6.42 Å². The van der Waals surface area contributed by atoms with Gasteiger partial charge in [-0.3, -0.25) is 4.90 Å². The maximum absolute atomic E-state index is 6.31. The SMILES string of the molecule is CCN1CCC(CNC)C1c1cccc2c1OC(C)(C)C2. The van der Waals surface area contributed by atoms with E-state index in [9.17, 15) is 0 Å². The van der Waals surface area contributed by atoms with Crippen molar-refractivity contribution in [1.82, 2.24) is 10.2 Å². The topological polar surface area (TPSA) is 24.5 Å². The normalized spacial score (nSPS) is 27.6. The van der Waals surface area contributed by atoms with Gasteiger partial charge in [0.2, 0.25) is 0 Å². The molecule has 21 heavy (non-hydrogen) atoms. The number of hydrogen-bond acceptors (Lipinski definition) is 3. The maximum atomic E-state index is 6.31. The van der Waals surface area contributed by atoms with E-state index in [1.807, 2.05) is 0 Å². The van der Waals surface area contributed by atoms with Gasteiger partial charge in [0, 0.05) is 18.0 Å². The van der Waals surface area contributed by atoms with Crippen LogP contribution in [0.1, 0.15) is 44.4 Å². The average molecular weight is 288 g/mol. The number of para-hydroxylation sites is 1. The largest absolute Gasteiger partial charge is 0.487 e. The predicted molar refractivity (Wildman–Crippen MR) is 86.9 cm³/mol. The molecule has 0 aromatic heterocycles. The van der Waals surface area contributed by atoms with Crippen molar-refractivity contribution in [3.8, 4) is 5.75 Å². The number of nitrogens with one attached hydrogen (secondary N) is 1. The van der Waals surface area contributed by atoms with Gasteiger partial charge in [-0.05, 0) is 58.4 Å². The smallest absolute Gasteiger partial charge is 0.128 e. The quantitative estimate of drug-likeness (QED) is 0.922. The second-order valence-electron chi connectivity index (χ2n) is 7.05. The molecule has 0 radical (unpaired) electrons. The number of likely N-dealkylation sites (tertiary alicyclic amines) is 1. The lowest BCUT2D eigenvalue weighted by Gasteiger charge is -2.29. The summed E-state index contributed by atoms with van der Waals surface area (Å²) >= 11 is 0. The Labute approximate surface area is 128 Å². The summed E-state index contributed by atoms with van der Waals surface area (Å²) in [6.07, 6.45) is 2.29. The monoisotopic (exact) mass is 288 g/mol. The summed E-state index contributed by atoms with van der Waals surface area (Å²) in [6, 6.07) is 7.21. The van der Waals surface area contributed by atoms with Crippen LogP contribution in [0, 0.1) is 5.92 Å².